The van der Waals surface area contributed by atoms with Gasteiger partial charge in [0, 0.05) is 6.20 Å². The molecule has 0 saturated carbocycles. The van der Waals surface area contributed by atoms with Gasteiger partial charge < -0.3 is 11.1 Å². The summed E-state index contributed by atoms with van der Waals surface area (Å²) in [6.07, 6.45) is 3.55. The van der Waals surface area contributed by atoms with Crippen LogP contribution in [0.1, 0.15) is 35.1 Å². The number of benzene rings is 1. The van der Waals surface area contributed by atoms with Gasteiger partial charge in [-0.1, -0.05) is 18.2 Å². The second kappa shape index (κ2) is 5.61. The van der Waals surface area contributed by atoms with E-state index >= 15 is 0 Å². The molecule has 24 heavy (non-hydrogen) atoms. The van der Waals surface area contributed by atoms with E-state index in [2.05, 4.69) is 10.4 Å². The first-order valence-corrected chi connectivity index (χ1v) is 7.90. The molecule has 3 N–H and O–H groups in total. The lowest BCUT2D eigenvalue weighted by molar-refractivity contribution is 0.100. The standard InChI is InChI=1S/C17H17N5O2/c18-15(23)12-8-10-21-14(12)17(24)22(11-5-2-1-3-6-11)16(20-21)13-7-4-9-19-13/h1-3,5-6,8,10,13,19H,4,7,9H2,(H2,18,23). The molecule has 122 valence electrons. The molecule has 1 saturated heterocycles. The van der Waals surface area contributed by atoms with Crippen LogP contribution in [0.3, 0.4) is 0 Å². The SMILES string of the molecule is NC(=O)c1ccn2nc(C3CCCN3)n(-c3ccccc3)c(=O)c12. The van der Waals surface area contributed by atoms with Crippen LogP contribution in [0.25, 0.3) is 11.2 Å². The third-order valence-corrected chi connectivity index (χ3v) is 4.36. The van der Waals surface area contributed by atoms with Crippen molar-refractivity contribution in [1.82, 2.24) is 19.5 Å². The monoisotopic (exact) mass is 323 g/mol. The summed E-state index contributed by atoms with van der Waals surface area (Å²) in [5.74, 6) is 0.00516. The van der Waals surface area contributed by atoms with Crippen LogP contribution < -0.4 is 16.6 Å². The quantitative estimate of drug-likeness (QED) is 0.752. The van der Waals surface area contributed by atoms with E-state index < -0.39 is 5.91 Å². The zero-order valence-electron chi connectivity index (χ0n) is 13.0. The van der Waals surface area contributed by atoms with Crippen molar-refractivity contribution in [2.45, 2.75) is 18.9 Å². The second-order valence-corrected chi connectivity index (χ2v) is 5.87. The molecule has 1 aliphatic rings. The van der Waals surface area contributed by atoms with Crippen molar-refractivity contribution < 1.29 is 4.79 Å². The molecule has 1 unspecified atom stereocenters. The van der Waals surface area contributed by atoms with Crippen molar-refractivity contribution in [2.24, 2.45) is 5.73 Å². The van der Waals surface area contributed by atoms with Crippen molar-refractivity contribution >= 4 is 11.4 Å². The third-order valence-electron chi connectivity index (χ3n) is 4.36. The van der Waals surface area contributed by atoms with Gasteiger partial charge in [0.15, 0.2) is 5.82 Å². The highest BCUT2D eigenvalue weighted by Crippen LogP contribution is 2.23. The highest BCUT2D eigenvalue weighted by atomic mass is 16.1. The number of carbonyl (C=O) groups is 1. The molecule has 4 rings (SSSR count). The summed E-state index contributed by atoms with van der Waals surface area (Å²) in [5.41, 5.74) is 6.21. The van der Waals surface area contributed by atoms with Gasteiger partial charge in [-0.25, -0.2) is 4.52 Å². The maximum atomic E-state index is 13.2. The largest absolute Gasteiger partial charge is 0.366 e. The van der Waals surface area contributed by atoms with Gasteiger partial charge in [-0.05, 0) is 37.6 Å². The fourth-order valence-electron chi connectivity index (χ4n) is 3.24. The Morgan fingerprint density at radius 1 is 1.25 bits per heavy atom. The van der Waals surface area contributed by atoms with E-state index in [9.17, 15) is 9.59 Å². The Bertz CT molecular complexity index is 968. The van der Waals surface area contributed by atoms with Crippen molar-refractivity contribution in [3.63, 3.8) is 0 Å². The molecule has 1 aromatic carbocycles. The van der Waals surface area contributed by atoms with Crippen LogP contribution in [0.2, 0.25) is 0 Å². The first-order valence-electron chi connectivity index (χ1n) is 7.90. The van der Waals surface area contributed by atoms with Crippen molar-refractivity contribution in [1.29, 1.82) is 0 Å². The fraction of sp³-hybridized carbons (Fsp3) is 0.235. The number of primary amides is 1. The maximum absolute atomic E-state index is 13.2. The molecular formula is C17H17N5O2. The van der Waals surface area contributed by atoms with Crippen LogP contribution in [-0.2, 0) is 0 Å². The molecule has 2 aromatic heterocycles. The third kappa shape index (κ3) is 2.21. The molecule has 1 aliphatic heterocycles. The maximum Gasteiger partial charge on any atom is 0.283 e. The second-order valence-electron chi connectivity index (χ2n) is 5.87. The number of nitrogens with zero attached hydrogens (tertiary/aromatic N) is 3. The van der Waals surface area contributed by atoms with Crippen LogP contribution in [0, 0.1) is 0 Å². The van der Waals surface area contributed by atoms with Crippen LogP contribution in [0.5, 0.6) is 0 Å². The van der Waals surface area contributed by atoms with Crippen LogP contribution >= 0.6 is 0 Å². The van der Waals surface area contributed by atoms with E-state index in [1.807, 2.05) is 30.3 Å². The highest BCUT2D eigenvalue weighted by Gasteiger charge is 2.25. The fourth-order valence-corrected chi connectivity index (χ4v) is 3.24. The van der Waals surface area contributed by atoms with Gasteiger partial charge in [0.2, 0.25) is 0 Å². The minimum Gasteiger partial charge on any atom is -0.366 e. The lowest BCUT2D eigenvalue weighted by Gasteiger charge is -2.17. The molecule has 7 heteroatoms. The average Bonchev–Trinajstić information content (AvgIpc) is 3.25. The molecule has 1 fully saturated rings. The molecule has 7 nitrogen and oxygen atoms in total. The van der Waals surface area contributed by atoms with E-state index in [-0.39, 0.29) is 22.7 Å². The Morgan fingerprint density at radius 3 is 2.71 bits per heavy atom. The van der Waals surface area contributed by atoms with E-state index in [0.29, 0.717) is 5.82 Å². The minimum atomic E-state index is -0.636. The molecule has 1 amide bonds. The topological polar surface area (TPSA) is 94.4 Å². The van der Waals surface area contributed by atoms with E-state index in [1.165, 1.54) is 10.6 Å². The van der Waals surface area contributed by atoms with Crippen LogP contribution in [0.15, 0.2) is 47.4 Å². The van der Waals surface area contributed by atoms with Gasteiger partial charge in [0.05, 0.1) is 17.3 Å². The van der Waals surface area contributed by atoms with Crippen LogP contribution in [0.4, 0.5) is 0 Å². The number of aromatic nitrogens is 3. The first kappa shape index (κ1) is 14.6. The predicted octanol–water partition coefficient (Wildman–Crippen LogP) is 1.01. The lowest BCUT2D eigenvalue weighted by Crippen LogP contribution is -2.31. The summed E-state index contributed by atoms with van der Waals surface area (Å²) in [6.45, 7) is 0.894. The Balaban J connectivity index is 2.06. The number of fused-ring (bicyclic) bond motifs is 1. The Labute approximate surface area is 137 Å². The van der Waals surface area contributed by atoms with E-state index in [4.69, 9.17) is 5.73 Å². The zero-order chi connectivity index (χ0) is 16.7. The molecule has 3 aromatic rings. The summed E-state index contributed by atoms with van der Waals surface area (Å²) >= 11 is 0. The Kier molecular flexibility index (Phi) is 3.42. The molecule has 0 radical (unpaired) electrons. The average molecular weight is 323 g/mol. The van der Waals surface area contributed by atoms with Crippen molar-refractivity contribution in [2.75, 3.05) is 6.54 Å². The number of hydrogen-bond donors (Lipinski definition) is 2. The zero-order valence-corrected chi connectivity index (χ0v) is 13.0. The van der Waals surface area contributed by atoms with E-state index in [1.54, 1.807) is 10.8 Å². The lowest BCUT2D eigenvalue weighted by atomic mass is 10.2. The summed E-state index contributed by atoms with van der Waals surface area (Å²) in [7, 11) is 0. The Morgan fingerprint density at radius 2 is 2.04 bits per heavy atom. The first-order chi connectivity index (χ1) is 11.7. The highest BCUT2D eigenvalue weighted by molar-refractivity contribution is 5.99. The smallest absolute Gasteiger partial charge is 0.283 e. The normalized spacial score (nSPS) is 17.4. The van der Waals surface area contributed by atoms with Gasteiger partial charge in [0.25, 0.3) is 11.5 Å². The summed E-state index contributed by atoms with van der Waals surface area (Å²) in [5, 5.41) is 7.98. The number of nitrogens with two attached hydrogens (primary N) is 1. The van der Waals surface area contributed by atoms with Gasteiger partial charge in [-0.15, -0.1) is 0 Å². The summed E-state index contributed by atoms with van der Waals surface area (Å²) in [6, 6.07) is 10.9. The van der Waals surface area contributed by atoms with Crippen LogP contribution in [-0.4, -0.2) is 26.6 Å². The molecule has 0 spiro atoms. The van der Waals surface area contributed by atoms with Gasteiger partial charge in [-0.2, -0.15) is 5.10 Å². The Hall–Kier alpha value is -2.93. The van der Waals surface area contributed by atoms with Crippen molar-refractivity contribution in [3.8, 4) is 5.69 Å². The molecular weight excluding hydrogens is 306 g/mol. The number of para-hydroxylation sites is 1. The number of carbonyl (C=O) groups excluding carboxylic acids is 1. The number of rotatable bonds is 3. The molecule has 0 bridgehead atoms. The molecule has 1 atom stereocenters. The molecule has 3 heterocycles. The van der Waals surface area contributed by atoms with Gasteiger partial charge in [0.1, 0.15) is 5.52 Å². The molecule has 0 aliphatic carbocycles. The minimum absolute atomic E-state index is 0.00161. The predicted molar refractivity (Wildman–Crippen MR) is 89.3 cm³/mol. The summed E-state index contributed by atoms with van der Waals surface area (Å²) < 4.78 is 3.03. The van der Waals surface area contributed by atoms with Gasteiger partial charge >= 0.3 is 0 Å². The number of nitrogens with one attached hydrogen (secondary N) is 1. The van der Waals surface area contributed by atoms with E-state index in [0.717, 1.165) is 25.1 Å². The summed E-state index contributed by atoms with van der Waals surface area (Å²) in [4.78, 5) is 24.8. The van der Waals surface area contributed by atoms with Gasteiger partial charge in [-0.3, -0.25) is 14.2 Å². The number of amides is 1. The number of hydrogen-bond acceptors (Lipinski definition) is 4. The van der Waals surface area contributed by atoms with Crippen molar-refractivity contribution in [3.05, 3.63) is 64.3 Å².